The highest BCUT2D eigenvalue weighted by Crippen LogP contribution is 2.38. The molecule has 25 heavy (non-hydrogen) atoms. The van der Waals surface area contributed by atoms with Gasteiger partial charge in [0.05, 0.1) is 6.61 Å². The summed E-state index contributed by atoms with van der Waals surface area (Å²) in [4.78, 5) is 17.1. The number of hydrogen-bond acceptors (Lipinski definition) is 3. The van der Waals surface area contributed by atoms with Crippen molar-refractivity contribution >= 4 is 6.03 Å². The molecule has 0 aliphatic carbocycles. The van der Waals surface area contributed by atoms with Crippen molar-refractivity contribution in [2.24, 2.45) is 5.41 Å². The van der Waals surface area contributed by atoms with Crippen LogP contribution in [0.2, 0.25) is 0 Å². The first-order chi connectivity index (χ1) is 12.2. The average molecular weight is 343 g/mol. The Morgan fingerprint density at radius 1 is 1.24 bits per heavy atom. The van der Waals surface area contributed by atoms with E-state index in [1.165, 1.54) is 5.56 Å². The van der Waals surface area contributed by atoms with Crippen molar-refractivity contribution in [1.29, 1.82) is 0 Å². The number of hydrogen-bond donors (Lipinski definition) is 1. The van der Waals surface area contributed by atoms with E-state index in [1.807, 2.05) is 4.90 Å². The molecule has 3 fully saturated rings. The lowest BCUT2D eigenvalue weighted by Crippen LogP contribution is -2.51. The number of urea groups is 1. The quantitative estimate of drug-likeness (QED) is 0.917. The van der Waals surface area contributed by atoms with Crippen molar-refractivity contribution in [2.75, 3.05) is 39.4 Å². The zero-order valence-electron chi connectivity index (χ0n) is 15.0. The van der Waals surface area contributed by atoms with E-state index in [1.54, 1.807) is 0 Å². The van der Waals surface area contributed by atoms with Crippen molar-refractivity contribution in [3.05, 3.63) is 35.9 Å². The van der Waals surface area contributed by atoms with Gasteiger partial charge in [-0.3, -0.25) is 4.90 Å². The van der Waals surface area contributed by atoms with Crippen LogP contribution in [0.4, 0.5) is 4.79 Å². The maximum atomic E-state index is 12.7. The third-order valence-electron chi connectivity index (χ3n) is 5.99. The summed E-state index contributed by atoms with van der Waals surface area (Å²) in [6.07, 6.45) is 4.42. The molecule has 3 saturated heterocycles. The number of benzene rings is 1. The predicted octanol–water partition coefficient (Wildman–Crippen LogP) is 2.47. The Morgan fingerprint density at radius 3 is 2.92 bits per heavy atom. The number of rotatable bonds is 3. The Bertz CT molecular complexity index is 586. The second-order valence-electron chi connectivity index (χ2n) is 7.98. The lowest BCUT2D eigenvalue weighted by atomic mass is 9.87. The summed E-state index contributed by atoms with van der Waals surface area (Å²) < 4.78 is 5.57. The Morgan fingerprint density at radius 2 is 2.12 bits per heavy atom. The van der Waals surface area contributed by atoms with E-state index >= 15 is 0 Å². The summed E-state index contributed by atoms with van der Waals surface area (Å²) in [5, 5.41) is 3.29. The van der Waals surface area contributed by atoms with Gasteiger partial charge >= 0.3 is 6.03 Å². The number of nitrogens with zero attached hydrogens (tertiary/aromatic N) is 2. The molecular formula is C20H29N3O2. The normalized spacial score (nSPS) is 30.1. The molecule has 1 N–H and O–H groups in total. The van der Waals surface area contributed by atoms with Crippen molar-refractivity contribution in [3.8, 4) is 0 Å². The summed E-state index contributed by atoms with van der Waals surface area (Å²) >= 11 is 0. The molecule has 1 aromatic rings. The predicted molar refractivity (Wildman–Crippen MR) is 97.3 cm³/mol. The molecule has 1 aromatic carbocycles. The molecule has 4 rings (SSSR count). The van der Waals surface area contributed by atoms with E-state index in [9.17, 15) is 4.79 Å². The van der Waals surface area contributed by atoms with Gasteiger partial charge in [0.15, 0.2) is 0 Å². The van der Waals surface area contributed by atoms with Gasteiger partial charge in [-0.2, -0.15) is 0 Å². The molecule has 0 bridgehead atoms. The molecule has 2 atom stereocenters. The maximum absolute atomic E-state index is 12.7. The van der Waals surface area contributed by atoms with Crippen LogP contribution < -0.4 is 5.32 Å². The van der Waals surface area contributed by atoms with Crippen LogP contribution in [-0.2, 0) is 11.3 Å². The van der Waals surface area contributed by atoms with Crippen molar-refractivity contribution in [3.63, 3.8) is 0 Å². The number of nitrogens with one attached hydrogen (secondary N) is 1. The summed E-state index contributed by atoms with van der Waals surface area (Å²) in [7, 11) is 0. The lowest BCUT2D eigenvalue weighted by Gasteiger charge is -2.34. The smallest absolute Gasteiger partial charge is 0.317 e. The SMILES string of the molecule is O=C(N[C@@H]1CCCN(Cc2ccccc2)C1)N1CC[C@@]2(CCOC2)C1. The third kappa shape index (κ3) is 3.98. The van der Waals surface area contributed by atoms with Gasteiger partial charge in [0.1, 0.15) is 0 Å². The van der Waals surface area contributed by atoms with Crippen LogP contribution in [0.3, 0.4) is 0 Å². The number of piperidine rings is 1. The summed E-state index contributed by atoms with van der Waals surface area (Å²) in [6.45, 7) is 6.44. The summed E-state index contributed by atoms with van der Waals surface area (Å²) in [5.74, 6) is 0. The Kier molecular flexibility index (Phi) is 4.95. The van der Waals surface area contributed by atoms with Gasteiger partial charge in [-0.25, -0.2) is 4.79 Å². The van der Waals surface area contributed by atoms with Crippen molar-refractivity contribution in [1.82, 2.24) is 15.1 Å². The standard InChI is InChI=1S/C20H29N3O2/c24-19(23-11-8-20(15-23)9-12-25-16-20)21-18-7-4-10-22(14-18)13-17-5-2-1-3-6-17/h1-3,5-6,18H,4,7-16H2,(H,21,24)/t18-,20-/m1/s1. The molecule has 5 nitrogen and oxygen atoms in total. The van der Waals surface area contributed by atoms with Gasteiger partial charge in [-0.05, 0) is 37.8 Å². The first-order valence-corrected chi connectivity index (χ1v) is 9.62. The number of carbonyl (C=O) groups excluding carboxylic acids is 1. The van der Waals surface area contributed by atoms with Gasteiger partial charge in [0, 0.05) is 44.2 Å². The summed E-state index contributed by atoms with van der Waals surface area (Å²) in [6, 6.07) is 11.0. The molecule has 5 heteroatoms. The second-order valence-corrected chi connectivity index (χ2v) is 7.98. The molecule has 0 unspecified atom stereocenters. The maximum Gasteiger partial charge on any atom is 0.317 e. The van der Waals surface area contributed by atoms with E-state index in [0.29, 0.717) is 0 Å². The fourth-order valence-corrected chi connectivity index (χ4v) is 4.50. The molecular weight excluding hydrogens is 314 g/mol. The number of likely N-dealkylation sites (tertiary alicyclic amines) is 2. The zero-order chi connectivity index (χ0) is 17.1. The molecule has 3 aliphatic rings. The monoisotopic (exact) mass is 343 g/mol. The zero-order valence-corrected chi connectivity index (χ0v) is 15.0. The van der Waals surface area contributed by atoms with Crippen LogP contribution in [0.25, 0.3) is 0 Å². The topological polar surface area (TPSA) is 44.8 Å². The molecule has 2 amide bonds. The van der Waals surface area contributed by atoms with Crippen LogP contribution in [0, 0.1) is 5.41 Å². The van der Waals surface area contributed by atoms with E-state index in [0.717, 1.165) is 71.6 Å². The van der Waals surface area contributed by atoms with Gasteiger partial charge in [-0.15, -0.1) is 0 Å². The van der Waals surface area contributed by atoms with Crippen molar-refractivity contribution in [2.45, 2.75) is 38.3 Å². The van der Waals surface area contributed by atoms with Crippen LogP contribution in [0.5, 0.6) is 0 Å². The molecule has 1 spiro atoms. The first kappa shape index (κ1) is 16.9. The number of carbonyl (C=O) groups is 1. The molecule has 0 saturated carbocycles. The van der Waals surface area contributed by atoms with E-state index < -0.39 is 0 Å². The fourth-order valence-electron chi connectivity index (χ4n) is 4.50. The highest BCUT2D eigenvalue weighted by molar-refractivity contribution is 5.75. The van der Waals surface area contributed by atoms with E-state index in [-0.39, 0.29) is 17.5 Å². The largest absolute Gasteiger partial charge is 0.381 e. The van der Waals surface area contributed by atoms with E-state index in [4.69, 9.17) is 4.74 Å². The van der Waals surface area contributed by atoms with Gasteiger partial charge in [-0.1, -0.05) is 30.3 Å². The Hall–Kier alpha value is -1.59. The van der Waals surface area contributed by atoms with Gasteiger partial charge in [0.2, 0.25) is 0 Å². The van der Waals surface area contributed by atoms with Crippen LogP contribution in [0.1, 0.15) is 31.2 Å². The molecule has 136 valence electrons. The highest BCUT2D eigenvalue weighted by Gasteiger charge is 2.43. The van der Waals surface area contributed by atoms with Crippen LogP contribution in [0.15, 0.2) is 30.3 Å². The fraction of sp³-hybridized carbons (Fsp3) is 0.650. The van der Waals surface area contributed by atoms with Crippen LogP contribution >= 0.6 is 0 Å². The van der Waals surface area contributed by atoms with Gasteiger partial charge in [0.25, 0.3) is 0 Å². The van der Waals surface area contributed by atoms with E-state index in [2.05, 4.69) is 40.5 Å². The average Bonchev–Trinajstić information content (AvgIpc) is 3.26. The molecule has 0 aromatic heterocycles. The highest BCUT2D eigenvalue weighted by atomic mass is 16.5. The van der Waals surface area contributed by atoms with Gasteiger partial charge < -0.3 is 15.0 Å². The molecule has 3 aliphatic heterocycles. The number of amides is 2. The second kappa shape index (κ2) is 7.34. The Balaban J connectivity index is 1.28. The first-order valence-electron chi connectivity index (χ1n) is 9.62. The Labute approximate surface area is 150 Å². The van der Waals surface area contributed by atoms with Crippen LogP contribution in [-0.4, -0.2) is 61.3 Å². The van der Waals surface area contributed by atoms with Crippen molar-refractivity contribution < 1.29 is 9.53 Å². The third-order valence-corrected chi connectivity index (χ3v) is 5.99. The lowest BCUT2D eigenvalue weighted by molar-refractivity contribution is 0.148. The minimum absolute atomic E-state index is 0.121. The molecule has 0 radical (unpaired) electrons. The minimum Gasteiger partial charge on any atom is -0.381 e. The number of ether oxygens (including phenoxy) is 1. The molecule has 3 heterocycles. The minimum atomic E-state index is 0.121. The summed E-state index contributed by atoms with van der Waals surface area (Å²) in [5.41, 5.74) is 1.58.